The number of fused-ring (bicyclic) bond motifs is 2. The minimum absolute atomic E-state index is 0.0430. The summed E-state index contributed by atoms with van der Waals surface area (Å²) in [5, 5.41) is 11.0. The van der Waals surface area contributed by atoms with Gasteiger partial charge in [0.25, 0.3) is 0 Å². The molecule has 0 aliphatic carbocycles. The SMILES string of the molecule is Cc1ccc(NC(=O)N2C3CC(C)CC2C3)cc1-c1cc(OCF)cnn1. The van der Waals surface area contributed by atoms with Gasteiger partial charge in [-0.15, -0.1) is 0 Å². The summed E-state index contributed by atoms with van der Waals surface area (Å²) in [6.45, 7) is 3.28. The summed E-state index contributed by atoms with van der Waals surface area (Å²) in [6, 6.07) is 8.00. The minimum Gasteiger partial charge on any atom is -0.461 e. The molecule has 2 unspecified atom stereocenters. The highest BCUT2D eigenvalue weighted by atomic mass is 19.1. The molecule has 2 saturated heterocycles. The smallest absolute Gasteiger partial charge is 0.322 e. The fourth-order valence-corrected chi connectivity index (χ4v) is 4.26. The Morgan fingerprint density at radius 1 is 1.30 bits per heavy atom. The number of halogens is 1. The first-order valence-electron chi connectivity index (χ1n) is 9.27. The Balaban J connectivity index is 1.53. The van der Waals surface area contributed by atoms with Gasteiger partial charge in [0.2, 0.25) is 6.86 Å². The van der Waals surface area contributed by atoms with Gasteiger partial charge in [-0.05, 0) is 49.8 Å². The fourth-order valence-electron chi connectivity index (χ4n) is 4.26. The van der Waals surface area contributed by atoms with E-state index < -0.39 is 6.86 Å². The Bertz CT molecular complexity index is 848. The number of hydrogen-bond donors (Lipinski definition) is 1. The number of piperidine rings is 1. The topological polar surface area (TPSA) is 67.4 Å². The van der Waals surface area contributed by atoms with Gasteiger partial charge in [-0.1, -0.05) is 13.0 Å². The Morgan fingerprint density at radius 3 is 2.81 bits per heavy atom. The van der Waals surface area contributed by atoms with Crippen LogP contribution in [0.15, 0.2) is 30.5 Å². The van der Waals surface area contributed by atoms with Crippen molar-refractivity contribution < 1.29 is 13.9 Å². The van der Waals surface area contributed by atoms with E-state index in [9.17, 15) is 9.18 Å². The number of nitrogens with one attached hydrogen (secondary N) is 1. The molecular formula is C20H23FN4O2. The Morgan fingerprint density at radius 2 is 2.07 bits per heavy atom. The summed E-state index contributed by atoms with van der Waals surface area (Å²) >= 11 is 0. The predicted octanol–water partition coefficient (Wildman–Crippen LogP) is 4.16. The zero-order chi connectivity index (χ0) is 19.0. The van der Waals surface area contributed by atoms with Gasteiger partial charge < -0.3 is 15.0 Å². The highest BCUT2D eigenvalue weighted by molar-refractivity contribution is 5.91. The number of alkyl halides is 1. The predicted molar refractivity (Wildman–Crippen MR) is 100 cm³/mol. The van der Waals surface area contributed by atoms with Crippen molar-refractivity contribution in [3.8, 4) is 17.0 Å². The van der Waals surface area contributed by atoms with Crippen molar-refractivity contribution >= 4 is 11.7 Å². The number of aryl methyl sites for hydroxylation is 1. The number of rotatable bonds is 4. The zero-order valence-electron chi connectivity index (χ0n) is 15.5. The first-order valence-corrected chi connectivity index (χ1v) is 9.27. The van der Waals surface area contributed by atoms with E-state index in [0.717, 1.165) is 30.4 Å². The van der Waals surface area contributed by atoms with Gasteiger partial charge in [0.1, 0.15) is 5.75 Å². The average molecular weight is 370 g/mol. The molecule has 3 heterocycles. The molecule has 2 atom stereocenters. The lowest BCUT2D eigenvalue weighted by Gasteiger charge is -2.54. The summed E-state index contributed by atoms with van der Waals surface area (Å²) in [6.07, 6.45) is 4.65. The zero-order valence-corrected chi connectivity index (χ0v) is 15.5. The van der Waals surface area contributed by atoms with Gasteiger partial charge in [0, 0.05) is 29.4 Å². The van der Waals surface area contributed by atoms with E-state index in [2.05, 4.69) is 22.4 Å². The Labute approximate surface area is 157 Å². The summed E-state index contributed by atoms with van der Waals surface area (Å²) in [5.74, 6) is 1.01. The monoisotopic (exact) mass is 370 g/mol. The maximum Gasteiger partial charge on any atom is 0.322 e. The van der Waals surface area contributed by atoms with E-state index >= 15 is 0 Å². The van der Waals surface area contributed by atoms with Crippen molar-refractivity contribution in [2.45, 2.75) is 45.2 Å². The van der Waals surface area contributed by atoms with Gasteiger partial charge in [0.05, 0.1) is 11.9 Å². The fraction of sp³-hybridized carbons (Fsp3) is 0.450. The Hall–Kier alpha value is -2.70. The normalized spacial score (nSPS) is 23.5. The summed E-state index contributed by atoms with van der Waals surface area (Å²) in [7, 11) is 0. The first kappa shape index (κ1) is 17.7. The molecule has 142 valence electrons. The van der Waals surface area contributed by atoms with E-state index in [-0.39, 0.29) is 6.03 Å². The molecule has 1 aromatic heterocycles. The first-order chi connectivity index (χ1) is 13.0. The highest BCUT2D eigenvalue weighted by Crippen LogP contribution is 2.41. The molecule has 1 N–H and O–H groups in total. The number of urea groups is 1. The van der Waals surface area contributed by atoms with Crippen molar-refractivity contribution in [2.75, 3.05) is 12.2 Å². The Kier molecular flexibility index (Phi) is 4.68. The summed E-state index contributed by atoms with van der Waals surface area (Å²) in [4.78, 5) is 14.7. The lowest BCUT2D eigenvalue weighted by atomic mass is 9.74. The van der Waals surface area contributed by atoms with E-state index in [4.69, 9.17) is 4.74 Å². The minimum atomic E-state index is -0.920. The molecule has 1 aromatic carbocycles. The molecule has 27 heavy (non-hydrogen) atoms. The number of amides is 2. The molecule has 2 fully saturated rings. The molecule has 4 rings (SSSR count). The van der Waals surface area contributed by atoms with Crippen LogP contribution in [0.2, 0.25) is 0 Å². The molecule has 6 nitrogen and oxygen atoms in total. The third-order valence-electron chi connectivity index (χ3n) is 5.53. The average Bonchev–Trinajstić information content (AvgIpc) is 2.63. The van der Waals surface area contributed by atoms with Crippen LogP contribution in [-0.4, -0.2) is 40.1 Å². The van der Waals surface area contributed by atoms with Crippen LogP contribution in [0.5, 0.6) is 5.75 Å². The summed E-state index contributed by atoms with van der Waals surface area (Å²) in [5.41, 5.74) is 3.08. The van der Waals surface area contributed by atoms with Crippen LogP contribution < -0.4 is 10.1 Å². The van der Waals surface area contributed by atoms with Crippen molar-refractivity contribution in [1.82, 2.24) is 15.1 Å². The van der Waals surface area contributed by atoms with Gasteiger partial charge in [-0.2, -0.15) is 10.2 Å². The van der Waals surface area contributed by atoms with Crippen molar-refractivity contribution in [3.05, 3.63) is 36.0 Å². The van der Waals surface area contributed by atoms with Crippen LogP contribution >= 0.6 is 0 Å². The van der Waals surface area contributed by atoms with Crippen molar-refractivity contribution in [1.29, 1.82) is 0 Å². The van der Waals surface area contributed by atoms with E-state index in [1.54, 1.807) is 6.07 Å². The number of carbonyl (C=O) groups excluding carboxylic acids is 1. The number of aromatic nitrogens is 2. The molecule has 2 bridgehead atoms. The maximum atomic E-state index is 12.7. The van der Waals surface area contributed by atoms with Crippen LogP contribution in [0, 0.1) is 12.8 Å². The second-order valence-electron chi connectivity index (χ2n) is 7.52. The lowest BCUT2D eigenvalue weighted by molar-refractivity contribution is -0.00601. The van der Waals surface area contributed by atoms with E-state index in [1.165, 1.54) is 6.20 Å². The molecule has 2 aliphatic heterocycles. The third kappa shape index (κ3) is 3.46. The molecule has 2 aliphatic rings. The largest absolute Gasteiger partial charge is 0.461 e. The highest BCUT2D eigenvalue weighted by Gasteiger charge is 2.46. The van der Waals surface area contributed by atoms with Crippen LogP contribution in [0.1, 0.15) is 31.7 Å². The molecule has 0 spiro atoms. The molecular weight excluding hydrogens is 347 g/mol. The van der Waals surface area contributed by atoms with Gasteiger partial charge >= 0.3 is 6.03 Å². The number of ether oxygens (including phenoxy) is 1. The number of hydrogen-bond acceptors (Lipinski definition) is 4. The molecule has 0 radical (unpaired) electrons. The molecule has 2 aromatic rings. The second kappa shape index (κ2) is 7.13. The van der Waals surface area contributed by atoms with Gasteiger partial charge in [0.15, 0.2) is 0 Å². The number of anilines is 1. The van der Waals surface area contributed by atoms with Crippen molar-refractivity contribution in [2.24, 2.45) is 5.92 Å². The lowest BCUT2D eigenvalue weighted by Crippen LogP contribution is -2.63. The van der Waals surface area contributed by atoms with E-state index in [0.29, 0.717) is 35.1 Å². The number of benzene rings is 1. The summed E-state index contributed by atoms with van der Waals surface area (Å²) < 4.78 is 17.3. The van der Waals surface area contributed by atoms with E-state index in [1.807, 2.05) is 30.0 Å². The van der Waals surface area contributed by atoms with Crippen molar-refractivity contribution in [3.63, 3.8) is 0 Å². The maximum absolute atomic E-state index is 12.7. The van der Waals surface area contributed by atoms with Crippen LogP contribution in [-0.2, 0) is 0 Å². The van der Waals surface area contributed by atoms with Crippen LogP contribution in [0.4, 0.5) is 14.9 Å². The van der Waals surface area contributed by atoms with Crippen LogP contribution in [0.3, 0.4) is 0 Å². The number of carbonyl (C=O) groups is 1. The quantitative estimate of drug-likeness (QED) is 0.877. The standard InChI is InChI=1S/C20H23FN4O2/c1-12-5-15-8-16(6-12)25(15)20(26)23-14-4-3-13(2)18(7-14)19-9-17(27-11-21)10-22-24-19/h3-4,7,9-10,12,15-16H,5-6,8,11H2,1-2H3,(H,23,26). The third-order valence-corrected chi connectivity index (χ3v) is 5.53. The number of nitrogens with zero attached hydrogens (tertiary/aromatic N) is 3. The van der Waals surface area contributed by atoms with Gasteiger partial charge in [-0.25, -0.2) is 9.18 Å². The molecule has 7 heteroatoms. The molecule has 2 amide bonds. The molecule has 0 saturated carbocycles. The van der Waals surface area contributed by atoms with Gasteiger partial charge in [-0.3, -0.25) is 0 Å². The van der Waals surface area contributed by atoms with Crippen LogP contribution in [0.25, 0.3) is 11.3 Å². The second-order valence-corrected chi connectivity index (χ2v) is 7.52.